The average Bonchev–Trinajstić information content (AvgIpc) is 2.17. The summed E-state index contributed by atoms with van der Waals surface area (Å²) < 4.78 is 5.13. The van der Waals surface area contributed by atoms with Crippen molar-refractivity contribution in [2.24, 2.45) is 10.8 Å². The molecule has 0 aromatic rings. The van der Waals surface area contributed by atoms with Crippen LogP contribution in [-0.4, -0.2) is 12.2 Å². The van der Waals surface area contributed by atoms with E-state index in [2.05, 4.69) is 41.5 Å². The summed E-state index contributed by atoms with van der Waals surface area (Å²) in [6.45, 7) is 12.7. The molecule has 0 fully saturated rings. The number of aliphatic hydroxyl groups is 1. The molecule has 0 spiro atoms. The minimum Gasteiger partial charge on any atom is -0.508 e. The van der Waals surface area contributed by atoms with Crippen LogP contribution in [0, 0.1) is 10.8 Å². The van der Waals surface area contributed by atoms with Crippen molar-refractivity contribution in [3.8, 4) is 0 Å². The van der Waals surface area contributed by atoms with Gasteiger partial charge in [-0.05, 0) is 33.6 Å². The largest absolute Gasteiger partial charge is 0.508 e. The Morgan fingerprint density at radius 3 is 2.06 bits per heavy atom. The van der Waals surface area contributed by atoms with Crippen LogP contribution in [0.3, 0.4) is 0 Å². The summed E-state index contributed by atoms with van der Waals surface area (Å²) in [6.07, 6.45) is 4.57. The number of hydrogen-bond donors (Lipinski definition) is 1. The van der Waals surface area contributed by atoms with Crippen LogP contribution in [0.1, 0.15) is 48.0 Å². The van der Waals surface area contributed by atoms with Crippen LogP contribution in [0.25, 0.3) is 0 Å². The highest BCUT2D eigenvalue weighted by atomic mass is 16.5. The van der Waals surface area contributed by atoms with Gasteiger partial charge in [0.1, 0.15) is 5.76 Å². The van der Waals surface area contributed by atoms with Crippen molar-refractivity contribution in [2.45, 2.75) is 48.0 Å². The predicted molar refractivity (Wildman–Crippen MR) is 76.4 cm³/mol. The topological polar surface area (TPSA) is 29.5 Å². The van der Waals surface area contributed by atoms with Gasteiger partial charge in [-0.2, -0.15) is 0 Å². The van der Waals surface area contributed by atoms with E-state index in [9.17, 15) is 5.11 Å². The highest BCUT2D eigenvalue weighted by Crippen LogP contribution is 2.43. The summed E-state index contributed by atoms with van der Waals surface area (Å²) in [5.74, 6) is 0.461. The number of rotatable bonds is 1. The standard InChI is InChI=1S/C16H26O2/c1-15(2,3)12-8-11(10-18-7)9-13(14(12)17)16(4,5)6/h8,10,17H,9H2,1-7H3. The van der Waals surface area contributed by atoms with Crippen molar-refractivity contribution in [1.29, 1.82) is 0 Å². The molecule has 0 amide bonds. The molecule has 0 aliphatic heterocycles. The second-order valence-corrected chi connectivity index (χ2v) is 6.99. The lowest BCUT2D eigenvalue weighted by molar-refractivity contribution is 0.326. The fourth-order valence-corrected chi connectivity index (χ4v) is 2.17. The van der Waals surface area contributed by atoms with Gasteiger partial charge in [0, 0.05) is 6.42 Å². The highest BCUT2D eigenvalue weighted by molar-refractivity contribution is 5.47. The molecule has 0 heterocycles. The Hall–Kier alpha value is -1.18. The Kier molecular flexibility index (Phi) is 3.99. The van der Waals surface area contributed by atoms with Gasteiger partial charge < -0.3 is 9.84 Å². The Bertz CT molecular complexity index is 409. The summed E-state index contributed by atoms with van der Waals surface area (Å²) in [5, 5.41) is 10.5. The van der Waals surface area contributed by atoms with Crippen LogP contribution in [0.5, 0.6) is 0 Å². The average molecular weight is 250 g/mol. The molecule has 0 aromatic carbocycles. The Morgan fingerprint density at radius 2 is 1.67 bits per heavy atom. The van der Waals surface area contributed by atoms with E-state index in [1.807, 2.05) is 6.08 Å². The number of hydrogen-bond acceptors (Lipinski definition) is 2. The van der Waals surface area contributed by atoms with Gasteiger partial charge >= 0.3 is 0 Å². The molecule has 0 atom stereocenters. The van der Waals surface area contributed by atoms with Gasteiger partial charge in [-0.25, -0.2) is 0 Å². The molecule has 1 rings (SSSR count). The summed E-state index contributed by atoms with van der Waals surface area (Å²) >= 11 is 0. The van der Waals surface area contributed by atoms with Crippen LogP contribution >= 0.6 is 0 Å². The molecule has 102 valence electrons. The quantitative estimate of drug-likeness (QED) is 0.680. The van der Waals surface area contributed by atoms with Gasteiger partial charge in [0.2, 0.25) is 0 Å². The molecule has 18 heavy (non-hydrogen) atoms. The zero-order valence-corrected chi connectivity index (χ0v) is 12.7. The van der Waals surface area contributed by atoms with E-state index in [0.29, 0.717) is 5.76 Å². The Labute approximate surface area is 111 Å². The molecule has 2 nitrogen and oxygen atoms in total. The molecular weight excluding hydrogens is 224 g/mol. The first-order chi connectivity index (χ1) is 8.07. The van der Waals surface area contributed by atoms with Gasteiger partial charge in [-0.3, -0.25) is 0 Å². The third kappa shape index (κ3) is 3.18. The lowest BCUT2D eigenvalue weighted by Crippen LogP contribution is -2.21. The molecule has 0 bridgehead atoms. The minimum atomic E-state index is -0.0756. The normalized spacial score (nSPS) is 20.2. The van der Waals surface area contributed by atoms with Crippen molar-refractivity contribution in [1.82, 2.24) is 0 Å². The molecule has 1 aliphatic rings. The third-order valence-electron chi connectivity index (χ3n) is 3.23. The lowest BCUT2D eigenvalue weighted by atomic mass is 9.73. The molecule has 0 radical (unpaired) electrons. The van der Waals surface area contributed by atoms with Crippen LogP contribution in [0.4, 0.5) is 0 Å². The molecule has 1 N–H and O–H groups in total. The maximum atomic E-state index is 10.5. The fraction of sp³-hybridized carbons (Fsp3) is 0.625. The van der Waals surface area contributed by atoms with E-state index >= 15 is 0 Å². The van der Waals surface area contributed by atoms with Gasteiger partial charge in [0.15, 0.2) is 0 Å². The first-order valence-corrected chi connectivity index (χ1v) is 6.44. The van der Waals surface area contributed by atoms with Crippen LogP contribution in [-0.2, 0) is 4.74 Å². The summed E-state index contributed by atoms with van der Waals surface area (Å²) in [5.41, 5.74) is 3.07. The molecule has 2 heteroatoms. The van der Waals surface area contributed by atoms with E-state index in [1.165, 1.54) is 0 Å². The number of aliphatic hydroxyl groups excluding tert-OH is 1. The molecule has 0 saturated carbocycles. The zero-order chi connectivity index (χ0) is 14.1. The van der Waals surface area contributed by atoms with Gasteiger partial charge in [-0.1, -0.05) is 41.5 Å². The first kappa shape index (κ1) is 14.9. The number of allylic oxidation sites excluding steroid dienone is 4. The monoisotopic (exact) mass is 250 g/mol. The van der Waals surface area contributed by atoms with Crippen LogP contribution < -0.4 is 0 Å². The summed E-state index contributed by atoms with van der Waals surface area (Å²) in [6, 6.07) is 0. The van der Waals surface area contributed by atoms with Gasteiger partial charge in [0.05, 0.1) is 13.4 Å². The predicted octanol–water partition coefficient (Wildman–Crippen LogP) is 4.75. The van der Waals surface area contributed by atoms with Gasteiger partial charge in [-0.15, -0.1) is 0 Å². The van der Waals surface area contributed by atoms with Gasteiger partial charge in [0.25, 0.3) is 0 Å². The molecule has 0 unspecified atom stereocenters. The lowest BCUT2D eigenvalue weighted by Gasteiger charge is -2.33. The Balaban J connectivity index is 3.36. The highest BCUT2D eigenvalue weighted by Gasteiger charge is 2.31. The van der Waals surface area contributed by atoms with Crippen LogP contribution in [0.15, 0.2) is 34.8 Å². The minimum absolute atomic E-state index is 0.0400. The zero-order valence-electron chi connectivity index (χ0n) is 12.7. The SMILES string of the molecule is COC=C1C=C(C(C)(C)C)C(O)=C(C(C)(C)C)C1. The van der Waals surface area contributed by atoms with E-state index in [4.69, 9.17) is 4.74 Å². The van der Waals surface area contributed by atoms with E-state index in [0.717, 1.165) is 23.1 Å². The smallest absolute Gasteiger partial charge is 0.119 e. The van der Waals surface area contributed by atoms with Crippen molar-refractivity contribution < 1.29 is 9.84 Å². The van der Waals surface area contributed by atoms with Crippen molar-refractivity contribution in [3.05, 3.63) is 34.8 Å². The van der Waals surface area contributed by atoms with Crippen molar-refractivity contribution in [3.63, 3.8) is 0 Å². The van der Waals surface area contributed by atoms with E-state index in [-0.39, 0.29) is 10.8 Å². The molecule has 0 saturated heterocycles. The van der Waals surface area contributed by atoms with Crippen molar-refractivity contribution in [2.75, 3.05) is 7.11 Å². The summed E-state index contributed by atoms with van der Waals surface area (Å²) in [4.78, 5) is 0. The fourth-order valence-electron chi connectivity index (χ4n) is 2.17. The second-order valence-electron chi connectivity index (χ2n) is 6.99. The maximum Gasteiger partial charge on any atom is 0.119 e. The maximum absolute atomic E-state index is 10.5. The van der Waals surface area contributed by atoms with Crippen molar-refractivity contribution >= 4 is 0 Å². The number of ether oxygens (including phenoxy) is 1. The van der Waals surface area contributed by atoms with E-state index in [1.54, 1.807) is 13.4 Å². The van der Waals surface area contributed by atoms with E-state index < -0.39 is 0 Å². The molecule has 1 aliphatic carbocycles. The van der Waals surface area contributed by atoms with Crippen LogP contribution in [0.2, 0.25) is 0 Å². The summed E-state index contributed by atoms with van der Waals surface area (Å²) in [7, 11) is 1.66. The third-order valence-corrected chi connectivity index (χ3v) is 3.23. The number of methoxy groups -OCH3 is 1. The molecular formula is C16H26O2. The molecule has 0 aromatic heterocycles. The second kappa shape index (κ2) is 4.83. The Morgan fingerprint density at radius 1 is 1.11 bits per heavy atom. The first-order valence-electron chi connectivity index (χ1n) is 6.44.